The number of amides is 1. The molecule has 1 fully saturated rings. The zero-order chi connectivity index (χ0) is 21.3. The Morgan fingerprint density at radius 1 is 0.933 bits per heavy atom. The Morgan fingerprint density at radius 3 is 2.37 bits per heavy atom. The number of rotatable bonds is 4. The molecule has 1 saturated heterocycles. The fraction of sp³-hybridized carbons (Fsp3) is 0.238. The van der Waals surface area contributed by atoms with Crippen LogP contribution in [0.15, 0.2) is 48.7 Å². The lowest BCUT2D eigenvalue weighted by Crippen LogP contribution is -2.40. The van der Waals surface area contributed by atoms with Crippen molar-refractivity contribution in [3.05, 3.63) is 75.0 Å². The van der Waals surface area contributed by atoms with Crippen molar-refractivity contribution < 1.29 is 9.59 Å². The lowest BCUT2D eigenvalue weighted by Gasteiger charge is -2.30. The van der Waals surface area contributed by atoms with Crippen LogP contribution in [0.1, 0.15) is 33.7 Å². The summed E-state index contributed by atoms with van der Waals surface area (Å²) in [4.78, 5) is 27.3. The monoisotopic (exact) mass is 462 g/mol. The summed E-state index contributed by atoms with van der Waals surface area (Å²) in [5, 5.41) is 9.31. The van der Waals surface area contributed by atoms with Gasteiger partial charge in [-0.2, -0.15) is 0 Å². The van der Waals surface area contributed by atoms with Crippen LogP contribution in [0.5, 0.6) is 0 Å². The van der Waals surface area contributed by atoms with E-state index in [1.165, 1.54) is 4.68 Å². The van der Waals surface area contributed by atoms with Gasteiger partial charge >= 0.3 is 0 Å². The molecule has 1 aliphatic rings. The topological polar surface area (TPSA) is 68.1 Å². The molecule has 9 heteroatoms. The molecule has 0 saturated carbocycles. The molecule has 0 atom stereocenters. The van der Waals surface area contributed by atoms with Crippen LogP contribution in [0.25, 0.3) is 5.69 Å². The second-order valence-electron chi connectivity index (χ2n) is 7.06. The second kappa shape index (κ2) is 8.76. The first-order chi connectivity index (χ1) is 14.4. The molecule has 0 unspecified atom stereocenters. The number of benzene rings is 2. The minimum Gasteiger partial charge on any atom is -0.337 e. The van der Waals surface area contributed by atoms with E-state index in [4.69, 9.17) is 34.8 Å². The van der Waals surface area contributed by atoms with Gasteiger partial charge in [0.05, 0.1) is 27.0 Å². The molecule has 0 spiro atoms. The van der Waals surface area contributed by atoms with E-state index in [2.05, 4.69) is 10.3 Å². The minimum atomic E-state index is -0.214. The number of halogens is 3. The first-order valence-corrected chi connectivity index (χ1v) is 10.5. The van der Waals surface area contributed by atoms with E-state index in [0.717, 1.165) is 0 Å². The molecule has 0 N–H and O–H groups in total. The summed E-state index contributed by atoms with van der Waals surface area (Å²) in [6.45, 7) is 0.936. The van der Waals surface area contributed by atoms with Gasteiger partial charge in [0.1, 0.15) is 0 Å². The number of likely N-dealkylation sites (tertiary alicyclic amines) is 1. The van der Waals surface area contributed by atoms with Gasteiger partial charge in [-0.15, -0.1) is 5.10 Å². The maximum Gasteiger partial charge on any atom is 0.276 e. The van der Waals surface area contributed by atoms with Crippen molar-refractivity contribution in [3.8, 4) is 5.69 Å². The number of carbonyl (C=O) groups is 2. The first-order valence-electron chi connectivity index (χ1n) is 9.40. The summed E-state index contributed by atoms with van der Waals surface area (Å²) in [6, 6.07) is 12.1. The Labute approximate surface area is 188 Å². The lowest BCUT2D eigenvalue weighted by molar-refractivity contribution is 0.0645. The van der Waals surface area contributed by atoms with Crippen LogP contribution < -0.4 is 0 Å². The first kappa shape index (κ1) is 20.8. The van der Waals surface area contributed by atoms with Crippen molar-refractivity contribution in [2.45, 2.75) is 12.8 Å². The number of nitrogens with zero attached hydrogens (tertiary/aromatic N) is 4. The highest BCUT2D eigenvalue weighted by atomic mass is 35.5. The fourth-order valence-electron chi connectivity index (χ4n) is 3.51. The highest BCUT2D eigenvalue weighted by molar-refractivity contribution is 6.42. The summed E-state index contributed by atoms with van der Waals surface area (Å²) >= 11 is 18.1. The molecular formula is C21H17Cl3N4O2. The minimum absolute atomic E-state index is 0.0188. The highest BCUT2D eigenvalue weighted by Crippen LogP contribution is 2.27. The molecule has 3 aromatic rings. The summed E-state index contributed by atoms with van der Waals surface area (Å²) in [7, 11) is 0. The zero-order valence-corrected chi connectivity index (χ0v) is 18.0. The number of para-hydroxylation sites is 1. The number of Topliss-reactive ketones (excluding diaryl/α,β-unsaturated/α-hetero) is 1. The van der Waals surface area contributed by atoms with Crippen LogP contribution in [-0.4, -0.2) is 44.7 Å². The van der Waals surface area contributed by atoms with Gasteiger partial charge in [0.25, 0.3) is 5.91 Å². The number of hydrogen-bond acceptors (Lipinski definition) is 4. The van der Waals surface area contributed by atoms with Gasteiger partial charge in [-0.3, -0.25) is 9.59 Å². The zero-order valence-electron chi connectivity index (χ0n) is 15.8. The van der Waals surface area contributed by atoms with E-state index in [-0.39, 0.29) is 23.3 Å². The molecule has 6 nitrogen and oxygen atoms in total. The summed E-state index contributed by atoms with van der Waals surface area (Å²) < 4.78 is 1.48. The van der Waals surface area contributed by atoms with E-state index >= 15 is 0 Å². The Kier molecular flexibility index (Phi) is 6.09. The molecule has 1 aliphatic heterocycles. The number of aromatic nitrogens is 3. The van der Waals surface area contributed by atoms with Crippen molar-refractivity contribution in [1.29, 1.82) is 0 Å². The largest absolute Gasteiger partial charge is 0.337 e. The van der Waals surface area contributed by atoms with Crippen LogP contribution in [0.2, 0.25) is 15.1 Å². The molecule has 154 valence electrons. The predicted molar refractivity (Wildman–Crippen MR) is 116 cm³/mol. The number of piperidine rings is 1. The molecule has 1 amide bonds. The van der Waals surface area contributed by atoms with Gasteiger partial charge in [0.2, 0.25) is 0 Å². The fourth-order valence-corrected chi connectivity index (χ4v) is 4.03. The third-order valence-electron chi connectivity index (χ3n) is 5.17. The Balaban J connectivity index is 1.40. The van der Waals surface area contributed by atoms with Crippen molar-refractivity contribution in [2.24, 2.45) is 5.92 Å². The summed E-state index contributed by atoms with van der Waals surface area (Å²) in [5.41, 5.74) is 1.43. The van der Waals surface area contributed by atoms with Crippen LogP contribution >= 0.6 is 34.8 Å². The lowest BCUT2D eigenvalue weighted by atomic mass is 9.89. The van der Waals surface area contributed by atoms with E-state index in [0.29, 0.717) is 52.2 Å². The third-order valence-corrected chi connectivity index (χ3v) is 6.23. The van der Waals surface area contributed by atoms with Gasteiger partial charge in [-0.05, 0) is 43.2 Å². The van der Waals surface area contributed by atoms with Crippen LogP contribution in [0.3, 0.4) is 0 Å². The molecular weight excluding hydrogens is 447 g/mol. The molecule has 0 aliphatic carbocycles. The SMILES string of the molecule is O=C(c1ccc(Cl)c(Cl)c1)C1CCN(C(=O)c2cn(-c3ccccc3Cl)nn2)CC1. The van der Waals surface area contributed by atoms with Crippen LogP contribution in [0.4, 0.5) is 0 Å². The van der Waals surface area contributed by atoms with Crippen LogP contribution in [-0.2, 0) is 0 Å². The number of hydrogen-bond donors (Lipinski definition) is 0. The molecule has 2 aromatic carbocycles. The molecule has 1 aromatic heterocycles. The van der Waals surface area contributed by atoms with Crippen molar-refractivity contribution >= 4 is 46.5 Å². The average Bonchev–Trinajstić information content (AvgIpc) is 3.25. The van der Waals surface area contributed by atoms with E-state index < -0.39 is 0 Å². The van der Waals surface area contributed by atoms with Gasteiger partial charge in [0, 0.05) is 24.6 Å². The van der Waals surface area contributed by atoms with Gasteiger partial charge in [-0.25, -0.2) is 4.68 Å². The highest BCUT2D eigenvalue weighted by Gasteiger charge is 2.29. The van der Waals surface area contributed by atoms with E-state index in [1.54, 1.807) is 41.4 Å². The van der Waals surface area contributed by atoms with Crippen molar-refractivity contribution in [3.63, 3.8) is 0 Å². The Hall–Kier alpha value is -2.41. The quantitative estimate of drug-likeness (QED) is 0.513. The Morgan fingerprint density at radius 2 is 1.67 bits per heavy atom. The molecule has 2 heterocycles. The number of carbonyl (C=O) groups excluding carboxylic acids is 2. The molecule has 0 radical (unpaired) electrons. The summed E-state index contributed by atoms with van der Waals surface area (Å²) in [6.07, 6.45) is 2.71. The van der Waals surface area contributed by atoms with Crippen LogP contribution in [0, 0.1) is 5.92 Å². The molecule has 4 rings (SSSR count). The number of ketones is 1. The van der Waals surface area contributed by atoms with Gasteiger partial charge < -0.3 is 4.90 Å². The standard InChI is InChI=1S/C21H17Cl3N4O2/c22-15-6-5-14(11-17(15)24)20(29)13-7-9-27(10-8-13)21(30)18-12-28(26-25-18)19-4-2-1-3-16(19)23/h1-6,11-13H,7-10H2. The van der Waals surface area contributed by atoms with E-state index in [9.17, 15) is 9.59 Å². The van der Waals surface area contributed by atoms with Gasteiger partial charge in [0.15, 0.2) is 11.5 Å². The normalized spacial score (nSPS) is 14.7. The van der Waals surface area contributed by atoms with E-state index in [1.807, 2.05) is 12.1 Å². The average molecular weight is 464 g/mol. The maximum atomic E-state index is 12.8. The predicted octanol–water partition coefficient (Wildman–Crippen LogP) is 4.96. The third kappa shape index (κ3) is 4.21. The van der Waals surface area contributed by atoms with Crippen molar-refractivity contribution in [1.82, 2.24) is 19.9 Å². The Bertz CT molecular complexity index is 1110. The van der Waals surface area contributed by atoms with Gasteiger partial charge in [-0.1, -0.05) is 52.1 Å². The maximum absolute atomic E-state index is 12.8. The molecule has 0 bridgehead atoms. The van der Waals surface area contributed by atoms with Crippen molar-refractivity contribution in [2.75, 3.05) is 13.1 Å². The smallest absolute Gasteiger partial charge is 0.276 e. The molecule has 30 heavy (non-hydrogen) atoms. The second-order valence-corrected chi connectivity index (χ2v) is 8.28. The summed E-state index contributed by atoms with van der Waals surface area (Å²) in [5.74, 6) is -0.357.